The van der Waals surface area contributed by atoms with Gasteiger partial charge >= 0.3 is 0 Å². The first-order chi connectivity index (χ1) is 13.8. The molecule has 4 heteroatoms. The maximum absolute atomic E-state index is 5.97. The lowest BCUT2D eigenvalue weighted by atomic mass is 10.0. The highest BCUT2D eigenvalue weighted by Gasteiger charge is 2.15. The van der Waals surface area contributed by atoms with E-state index in [1.54, 1.807) is 0 Å². The number of aryl methyl sites for hydroxylation is 1. The molecule has 0 aliphatic rings. The third kappa shape index (κ3) is 2.89. The van der Waals surface area contributed by atoms with Crippen LogP contribution in [0.3, 0.4) is 0 Å². The fourth-order valence-corrected chi connectivity index (χ4v) is 3.53. The fourth-order valence-electron chi connectivity index (χ4n) is 3.53. The second-order valence-electron chi connectivity index (χ2n) is 6.78. The Labute approximate surface area is 162 Å². The van der Waals surface area contributed by atoms with Crippen molar-refractivity contribution in [3.05, 3.63) is 83.7 Å². The Morgan fingerprint density at radius 1 is 0.893 bits per heavy atom. The van der Waals surface area contributed by atoms with Crippen molar-refractivity contribution < 1.29 is 4.42 Å². The van der Waals surface area contributed by atoms with Gasteiger partial charge in [-0.15, -0.1) is 10.2 Å². The van der Waals surface area contributed by atoms with Gasteiger partial charge in [-0.05, 0) is 41.8 Å². The molecule has 0 atom stereocenters. The van der Waals surface area contributed by atoms with Gasteiger partial charge in [0.05, 0.1) is 11.1 Å². The molecule has 5 rings (SSSR count). The number of hydrogen-bond acceptors (Lipinski definition) is 3. The number of H-pyrrole nitrogens is 1. The number of rotatable bonds is 4. The first-order valence-corrected chi connectivity index (χ1v) is 9.42. The van der Waals surface area contributed by atoms with Crippen molar-refractivity contribution in [2.75, 3.05) is 0 Å². The first-order valence-electron chi connectivity index (χ1n) is 9.42. The molecule has 0 fully saturated rings. The van der Waals surface area contributed by atoms with Crippen LogP contribution in [0.4, 0.5) is 0 Å². The van der Waals surface area contributed by atoms with Gasteiger partial charge in [-0.2, -0.15) is 0 Å². The molecule has 0 unspecified atom stereocenters. The molecule has 0 bridgehead atoms. The van der Waals surface area contributed by atoms with Crippen LogP contribution >= 0.6 is 0 Å². The van der Waals surface area contributed by atoms with E-state index in [-0.39, 0.29) is 0 Å². The van der Waals surface area contributed by atoms with Gasteiger partial charge in [0.1, 0.15) is 0 Å². The molecular weight excluding hydrogens is 346 g/mol. The standard InChI is InChI=1S/C24H19N3O/c1-2-16-14-19-18-10-6-7-11-21(18)25-23(19)20(15-16)24-27-26-22(28-24)13-12-17-8-4-3-5-9-17/h3-15,25H,2H2,1H3. The van der Waals surface area contributed by atoms with Gasteiger partial charge < -0.3 is 9.40 Å². The molecule has 2 aromatic heterocycles. The molecule has 5 aromatic rings. The molecule has 0 amide bonds. The topological polar surface area (TPSA) is 54.7 Å². The highest BCUT2D eigenvalue weighted by Crippen LogP contribution is 2.34. The third-order valence-corrected chi connectivity index (χ3v) is 4.97. The van der Waals surface area contributed by atoms with Crippen LogP contribution in [-0.2, 0) is 6.42 Å². The van der Waals surface area contributed by atoms with Gasteiger partial charge in [0, 0.05) is 22.4 Å². The lowest BCUT2D eigenvalue weighted by molar-refractivity contribution is 0.558. The summed E-state index contributed by atoms with van der Waals surface area (Å²) in [6.07, 6.45) is 4.76. The van der Waals surface area contributed by atoms with E-state index in [1.807, 2.05) is 48.6 Å². The zero-order valence-corrected chi connectivity index (χ0v) is 15.5. The molecule has 0 aliphatic heterocycles. The minimum atomic E-state index is 0.491. The Balaban J connectivity index is 1.61. The van der Waals surface area contributed by atoms with Gasteiger partial charge in [0.25, 0.3) is 0 Å². The minimum Gasteiger partial charge on any atom is -0.417 e. The van der Waals surface area contributed by atoms with Crippen LogP contribution in [0, 0.1) is 0 Å². The summed E-state index contributed by atoms with van der Waals surface area (Å²) in [5, 5.41) is 10.9. The molecule has 0 aliphatic carbocycles. The molecule has 0 spiro atoms. The maximum Gasteiger partial charge on any atom is 0.250 e. The van der Waals surface area contributed by atoms with Crippen LogP contribution in [0.15, 0.2) is 71.1 Å². The Bertz CT molecular complexity index is 1300. The number of benzene rings is 3. The molecule has 0 saturated carbocycles. The minimum absolute atomic E-state index is 0.491. The predicted molar refractivity (Wildman–Crippen MR) is 114 cm³/mol. The second-order valence-corrected chi connectivity index (χ2v) is 6.78. The van der Waals surface area contributed by atoms with E-state index in [4.69, 9.17) is 4.42 Å². The predicted octanol–water partition coefficient (Wildman–Crippen LogP) is 6.10. The summed E-state index contributed by atoms with van der Waals surface area (Å²) in [5.74, 6) is 1.02. The normalized spacial score (nSPS) is 11.8. The number of hydrogen-bond donors (Lipinski definition) is 1. The van der Waals surface area contributed by atoms with Crippen molar-refractivity contribution in [3.63, 3.8) is 0 Å². The van der Waals surface area contributed by atoms with Gasteiger partial charge in [0.15, 0.2) is 0 Å². The van der Waals surface area contributed by atoms with Crippen molar-refractivity contribution in [2.24, 2.45) is 0 Å². The summed E-state index contributed by atoms with van der Waals surface area (Å²) >= 11 is 0. The van der Waals surface area contributed by atoms with E-state index < -0.39 is 0 Å². The van der Waals surface area contributed by atoms with Crippen molar-refractivity contribution in [3.8, 4) is 11.5 Å². The smallest absolute Gasteiger partial charge is 0.250 e. The molecule has 4 nitrogen and oxygen atoms in total. The number of aromatic amines is 1. The lowest BCUT2D eigenvalue weighted by Crippen LogP contribution is -1.86. The summed E-state index contributed by atoms with van der Waals surface area (Å²) in [4.78, 5) is 3.52. The summed E-state index contributed by atoms with van der Waals surface area (Å²) in [7, 11) is 0. The van der Waals surface area contributed by atoms with Crippen molar-refractivity contribution >= 4 is 34.0 Å². The molecule has 0 radical (unpaired) electrons. The van der Waals surface area contributed by atoms with Gasteiger partial charge in [-0.3, -0.25) is 0 Å². The Morgan fingerprint density at radius 2 is 1.71 bits per heavy atom. The van der Waals surface area contributed by atoms with Crippen LogP contribution in [0.1, 0.15) is 23.9 Å². The van der Waals surface area contributed by atoms with E-state index in [9.17, 15) is 0 Å². The number of aromatic nitrogens is 3. The summed E-state index contributed by atoms with van der Waals surface area (Å²) in [5.41, 5.74) is 5.41. The highest BCUT2D eigenvalue weighted by atomic mass is 16.4. The molecule has 0 saturated heterocycles. The first kappa shape index (κ1) is 16.5. The van der Waals surface area contributed by atoms with Crippen LogP contribution in [0.5, 0.6) is 0 Å². The highest BCUT2D eigenvalue weighted by molar-refractivity contribution is 6.11. The van der Waals surface area contributed by atoms with E-state index in [1.165, 1.54) is 16.3 Å². The molecule has 136 valence electrons. The number of nitrogens with one attached hydrogen (secondary N) is 1. The van der Waals surface area contributed by atoms with E-state index in [2.05, 4.69) is 52.4 Å². The average Bonchev–Trinajstić information content (AvgIpc) is 3.37. The van der Waals surface area contributed by atoms with E-state index in [0.29, 0.717) is 11.8 Å². The van der Waals surface area contributed by atoms with Gasteiger partial charge in [0.2, 0.25) is 11.8 Å². The van der Waals surface area contributed by atoms with Crippen molar-refractivity contribution in [1.29, 1.82) is 0 Å². The number of para-hydroxylation sites is 1. The van der Waals surface area contributed by atoms with Crippen LogP contribution in [0.25, 0.3) is 45.4 Å². The van der Waals surface area contributed by atoms with Gasteiger partial charge in [-0.25, -0.2) is 0 Å². The Hall–Kier alpha value is -3.66. The second kappa shape index (κ2) is 6.82. The van der Waals surface area contributed by atoms with E-state index in [0.717, 1.165) is 28.6 Å². The fraction of sp³-hybridized carbons (Fsp3) is 0.0833. The SMILES string of the molecule is CCc1cc(-c2nnc(C=Cc3ccccc3)o2)c2[nH]c3ccccc3c2c1. The molecule has 3 aromatic carbocycles. The number of nitrogens with zero attached hydrogens (tertiary/aromatic N) is 2. The zero-order valence-electron chi connectivity index (χ0n) is 15.5. The lowest BCUT2D eigenvalue weighted by Gasteiger charge is -2.03. The van der Waals surface area contributed by atoms with E-state index >= 15 is 0 Å². The Morgan fingerprint density at radius 3 is 2.57 bits per heavy atom. The maximum atomic E-state index is 5.97. The number of fused-ring (bicyclic) bond motifs is 3. The zero-order chi connectivity index (χ0) is 18.9. The largest absolute Gasteiger partial charge is 0.417 e. The van der Waals surface area contributed by atoms with Crippen LogP contribution < -0.4 is 0 Å². The molecule has 1 N–H and O–H groups in total. The van der Waals surface area contributed by atoms with Crippen LogP contribution in [0.2, 0.25) is 0 Å². The summed E-state index contributed by atoms with van der Waals surface area (Å²) < 4.78 is 5.97. The van der Waals surface area contributed by atoms with Crippen LogP contribution in [-0.4, -0.2) is 15.2 Å². The average molecular weight is 365 g/mol. The van der Waals surface area contributed by atoms with Crippen molar-refractivity contribution in [1.82, 2.24) is 15.2 Å². The summed E-state index contributed by atoms with van der Waals surface area (Å²) in [6.45, 7) is 2.15. The summed E-state index contributed by atoms with van der Waals surface area (Å²) in [6, 6.07) is 22.8. The quantitative estimate of drug-likeness (QED) is 0.418. The third-order valence-electron chi connectivity index (χ3n) is 4.97. The molecule has 28 heavy (non-hydrogen) atoms. The molecular formula is C24H19N3O. The van der Waals surface area contributed by atoms with Crippen molar-refractivity contribution in [2.45, 2.75) is 13.3 Å². The van der Waals surface area contributed by atoms with Gasteiger partial charge in [-0.1, -0.05) is 55.5 Å². The Kier molecular flexibility index (Phi) is 4.02. The molecule has 2 heterocycles. The monoisotopic (exact) mass is 365 g/mol.